The van der Waals surface area contributed by atoms with Crippen molar-refractivity contribution in [1.29, 1.82) is 0 Å². The summed E-state index contributed by atoms with van der Waals surface area (Å²) < 4.78 is 0. The average Bonchev–Trinajstić information content (AvgIpc) is 3.15. The molecule has 0 aliphatic carbocycles. The van der Waals surface area contributed by atoms with Crippen LogP contribution in [-0.4, -0.2) is 15.8 Å². The van der Waals surface area contributed by atoms with E-state index >= 15 is 0 Å². The van der Waals surface area contributed by atoms with E-state index in [1.807, 2.05) is 90.6 Å². The SMILES string of the molecule is CC.CC.CC.CC.Cc1c2c(cc3ncccc13)C(=O)N(Cc1ccccc1)C2. The summed E-state index contributed by atoms with van der Waals surface area (Å²) in [5.41, 5.74) is 5.17. The molecule has 0 unspecified atom stereocenters. The molecule has 1 amide bonds. The van der Waals surface area contributed by atoms with Crippen molar-refractivity contribution in [3.63, 3.8) is 0 Å². The molecule has 1 aromatic heterocycles. The lowest BCUT2D eigenvalue weighted by Gasteiger charge is -2.15. The molecule has 0 fully saturated rings. The largest absolute Gasteiger partial charge is 0.330 e. The molecule has 1 aliphatic rings. The van der Waals surface area contributed by atoms with E-state index in [1.165, 1.54) is 5.56 Å². The van der Waals surface area contributed by atoms with Gasteiger partial charge in [-0.3, -0.25) is 9.78 Å². The number of amides is 1. The van der Waals surface area contributed by atoms with Gasteiger partial charge in [0.2, 0.25) is 0 Å². The van der Waals surface area contributed by atoms with Crippen LogP contribution in [0.4, 0.5) is 0 Å². The second-order valence-electron chi connectivity index (χ2n) is 5.74. The van der Waals surface area contributed by atoms with E-state index in [0.717, 1.165) is 27.6 Å². The molecule has 0 saturated heterocycles. The van der Waals surface area contributed by atoms with E-state index in [1.54, 1.807) is 6.20 Å². The first-order chi connectivity index (χ1) is 14.7. The molecule has 0 spiro atoms. The molecule has 1 aliphatic heterocycles. The zero-order valence-electron chi connectivity index (χ0n) is 20.4. The van der Waals surface area contributed by atoms with Crippen LogP contribution >= 0.6 is 0 Å². The highest BCUT2D eigenvalue weighted by Gasteiger charge is 2.29. The summed E-state index contributed by atoms with van der Waals surface area (Å²) in [5.74, 6) is 0.106. The second-order valence-corrected chi connectivity index (χ2v) is 5.74. The standard InChI is InChI=1S/C19H16N2O.4C2H6/c1-13-15-8-5-9-20-18(15)10-16-17(13)12-21(19(16)22)11-14-6-3-2-4-7-14;4*1-2/h2-10H,11-12H2,1H3;4*1-2H3. The van der Waals surface area contributed by atoms with Gasteiger partial charge in [0.15, 0.2) is 0 Å². The predicted octanol–water partition coefficient (Wildman–Crippen LogP) is 7.80. The molecule has 3 nitrogen and oxygen atoms in total. The van der Waals surface area contributed by atoms with Crippen LogP contribution in [-0.2, 0) is 13.1 Å². The maximum atomic E-state index is 12.7. The number of carbonyl (C=O) groups excluding carboxylic acids is 1. The Balaban J connectivity index is 0.000000948. The third-order valence-electron chi connectivity index (χ3n) is 4.38. The van der Waals surface area contributed by atoms with E-state index in [2.05, 4.69) is 30.1 Å². The quantitative estimate of drug-likeness (QED) is 0.433. The van der Waals surface area contributed by atoms with Crippen LogP contribution < -0.4 is 0 Å². The van der Waals surface area contributed by atoms with Crippen LogP contribution in [0.15, 0.2) is 54.7 Å². The van der Waals surface area contributed by atoms with Crippen LogP contribution in [0.3, 0.4) is 0 Å². The normalized spacial score (nSPS) is 10.8. The number of benzene rings is 2. The van der Waals surface area contributed by atoms with Gasteiger partial charge in [-0.2, -0.15) is 0 Å². The summed E-state index contributed by atoms with van der Waals surface area (Å²) in [6.45, 7) is 19.4. The van der Waals surface area contributed by atoms with Crippen molar-refractivity contribution in [2.75, 3.05) is 0 Å². The summed E-state index contributed by atoms with van der Waals surface area (Å²) in [4.78, 5) is 19.0. The Labute approximate surface area is 184 Å². The molecule has 2 aromatic carbocycles. The second kappa shape index (κ2) is 15.2. The van der Waals surface area contributed by atoms with E-state index in [9.17, 15) is 4.79 Å². The zero-order valence-corrected chi connectivity index (χ0v) is 20.4. The molecule has 3 aromatic rings. The molecule has 4 rings (SSSR count). The van der Waals surface area contributed by atoms with Crippen LogP contribution in [0.25, 0.3) is 10.9 Å². The van der Waals surface area contributed by atoms with Crippen molar-refractivity contribution in [2.45, 2.75) is 75.4 Å². The number of hydrogen-bond acceptors (Lipinski definition) is 2. The number of nitrogens with zero attached hydrogens (tertiary/aromatic N) is 2. The van der Waals surface area contributed by atoms with Gasteiger partial charge >= 0.3 is 0 Å². The van der Waals surface area contributed by atoms with Gasteiger partial charge in [-0.05, 0) is 35.7 Å². The molecular formula is C27H40N2O. The smallest absolute Gasteiger partial charge is 0.254 e. The van der Waals surface area contributed by atoms with Gasteiger partial charge < -0.3 is 4.90 Å². The van der Waals surface area contributed by atoms with Crippen molar-refractivity contribution in [3.05, 3.63) is 77.0 Å². The fourth-order valence-electron chi connectivity index (χ4n) is 3.20. The molecule has 30 heavy (non-hydrogen) atoms. The number of hydrogen-bond donors (Lipinski definition) is 0. The number of rotatable bonds is 2. The van der Waals surface area contributed by atoms with Gasteiger partial charge in [0, 0.05) is 30.2 Å². The maximum absolute atomic E-state index is 12.7. The number of aryl methyl sites for hydroxylation is 1. The molecular weight excluding hydrogens is 368 g/mol. The zero-order chi connectivity index (χ0) is 23.1. The number of carbonyl (C=O) groups is 1. The lowest BCUT2D eigenvalue weighted by molar-refractivity contribution is 0.0766. The van der Waals surface area contributed by atoms with Gasteiger partial charge in [-0.1, -0.05) is 91.8 Å². The first kappa shape index (κ1) is 27.3. The van der Waals surface area contributed by atoms with Gasteiger partial charge in [-0.25, -0.2) is 0 Å². The average molecular weight is 409 g/mol. The van der Waals surface area contributed by atoms with Crippen LogP contribution in [0, 0.1) is 6.92 Å². The number of pyridine rings is 1. The molecule has 0 saturated carbocycles. The first-order valence-corrected chi connectivity index (χ1v) is 11.4. The lowest BCUT2D eigenvalue weighted by atomic mass is 9.99. The van der Waals surface area contributed by atoms with Gasteiger partial charge in [0.1, 0.15) is 0 Å². The highest BCUT2D eigenvalue weighted by Crippen LogP contribution is 2.31. The number of fused-ring (bicyclic) bond motifs is 2. The summed E-state index contributed by atoms with van der Waals surface area (Å²) in [6.07, 6.45) is 1.77. The molecule has 0 bridgehead atoms. The summed E-state index contributed by atoms with van der Waals surface area (Å²) in [5, 5.41) is 1.13. The Morgan fingerprint density at radius 3 is 2.07 bits per heavy atom. The van der Waals surface area contributed by atoms with Crippen molar-refractivity contribution >= 4 is 16.8 Å². The van der Waals surface area contributed by atoms with Gasteiger partial charge in [-0.15, -0.1) is 0 Å². The first-order valence-electron chi connectivity index (χ1n) is 11.4. The fraction of sp³-hybridized carbons (Fsp3) is 0.407. The van der Waals surface area contributed by atoms with Gasteiger partial charge in [0.05, 0.1) is 5.52 Å². The van der Waals surface area contributed by atoms with Crippen molar-refractivity contribution in [2.24, 2.45) is 0 Å². The minimum absolute atomic E-state index is 0.106. The summed E-state index contributed by atoms with van der Waals surface area (Å²) >= 11 is 0. The monoisotopic (exact) mass is 408 g/mol. The number of aromatic nitrogens is 1. The lowest BCUT2D eigenvalue weighted by Crippen LogP contribution is -2.23. The Bertz CT molecular complexity index is 873. The van der Waals surface area contributed by atoms with Crippen LogP contribution in [0.5, 0.6) is 0 Å². The minimum Gasteiger partial charge on any atom is -0.330 e. The molecule has 3 heteroatoms. The van der Waals surface area contributed by atoms with Crippen molar-refractivity contribution < 1.29 is 4.79 Å². The Morgan fingerprint density at radius 1 is 0.867 bits per heavy atom. The van der Waals surface area contributed by atoms with E-state index in [4.69, 9.17) is 0 Å². The molecule has 0 atom stereocenters. The fourth-order valence-corrected chi connectivity index (χ4v) is 3.20. The Kier molecular flexibility index (Phi) is 13.8. The third-order valence-corrected chi connectivity index (χ3v) is 4.38. The van der Waals surface area contributed by atoms with Crippen molar-refractivity contribution in [3.8, 4) is 0 Å². The van der Waals surface area contributed by atoms with Gasteiger partial charge in [0.25, 0.3) is 5.91 Å². The highest BCUT2D eigenvalue weighted by atomic mass is 16.2. The third kappa shape index (κ3) is 6.41. The molecule has 0 N–H and O–H groups in total. The van der Waals surface area contributed by atoms with Crippen LogP contribution in [0.2, 0.25) is 0 Å². The summed E-state index contributed by atoms with van der Waals surface area (Å²) in [7, 11) is 0. The highest BCUT2D eigenvalue weighted by molar-refractivity contribution is 6.03. The maximum Gasteiger partial charge on any atom is 0.254 e. The van der Waals surface area contributed by atoms with E-state index in [0.29, 0.717) is 13.1 Å². The summed E-state index contributed by atoms with van der Waals surface area (Å²) in [6, 6.07) is 16.1. The predicted molar refractivity (Wildman–Crippen MR) is 132 cm³/mol. The van der Waals surface area contributed by atoms with Crippen LogP contribution in [0.1, 0.15) is 82.4 Å². The molecule has 2 heterocycles. The molecule has 164 valence electrons. The molecule has 0 radical (unpaired) electrons. The topological polar surface area (TPSA) is 33.2 Å². The Hall–Kier alpha value is -2.68. The minimum atomic E-state index is 0.106. The Morgan fingerprint density at radius 2 is 1.47 bits per heavy atom. The van der Waals surface area contributed by atoms with E-state index in [-0.39, 0.29) is 5.91 Å². The van der Waals surface area contributed by atoms with E-state index < -0.39 is 0 Å². The van der Waals surface area contributed by atoms with Crippen molar-refractivity contribution in [1.82, 2.24) is 9.88 Å².